The molecule has 1 amide bonds. The van der Waals surface area contributed by atoms with Crippen LogP contribution in [-0.2, 0) is 21.2 Å². The van der Waals surface area contributed by atoms with Crippen molar-refractivity contribution in [3.8, 4) is 0 Å². The lowest BCUT2D eigenvalue weighted by Gasteiger charge is -2.31. The van der Waals surface area contributed by atoms with E-state index in [9.17, 15) is 17.6 Å². The van der Waals surface area contributed by atoms with Crippen molar-refractivity contribution in [3.05, 3.63) is 54.2 Å². The summed E-state index contributed by atoms with van der Waals surface area (Å²) in [6, 6.07) is 8.47. The zero-order chi connectivity index (χ0) is 19.3. The van der Waals surface area contributed by atoms with Crippen molar-refractivity contribution in [2.75, 3.05) is 19.6 Å². The van der Waals surface area contributed by atoms with Crippen LogP contribution in [0, 0.1) is 11.7 Å². The van der Waals surface area contributed by atoms with Gasteiger partial charge in [-0.25, -0.2) is 12.8 Å². The molecular formula is C19H23FN2O4S. The van der Waals surface area contributed by atoms with Crippen LogP contribution in [0.4, 0.5) is 4.39 Å². The predicted octanol–water partition coefficient (Wildman–Crippen LogP) is 2.57. The molecule has 1 saturated heterocycles. The summed E-state index contributed by atoms with van der Waals surface area (Å²) in [4.78, 5) is 12.5. The number of amides is 1. The molecule has 1 aromatic carbocycles. The minimum absolute atomic E-state index is 0.0448. The third-order valence-corrected chi connectivity index (χ3v) is 6.56. The molecule has 0 bridgehead atoms. The molecule has 1 aromatic heterocycles. The van der Waals surface area contributed by atoms with Gasteiger partial charge in [-0.3, -0.25) is 4.79 Å². The molecule has 0 radical (unpaired) electrons. The van der Waals surface area contributed by atoms with Crippen LogP contribution < -0.4 is 5.32 Å². The van der Waals surface area contributed by atoms with Gasteiger partial charge < -0.3 is 9.73 Å². The Hall–Kier alpha value is -2.19. The number of hydrogen-bond acceptors (Lipinski definition) is 4. The van der Waals surface area contributed by atoms with Gasteiger partial charge in [-0.1, -0.05) is 0 Å². The first-order chi connectivity index (χ1) is 13.0. The molecule has 0 saturated carbocycles. The fourth-order valence-corrected chi connectivity index (χ4v) is 4.73. The lowest BCUT2D eigenvalue weighted by molar-refractivity contribution is -0.126. The van der Waals surface area contributed by atoms with Crippen LogP contribution in [0.15, 0.2) is 52.0 Å². The largest absolute Gasteiger partial charge is 0.469 e. The second-order valence-corrected chi connectivity index (χ2v) is 8.57. The molecule has 0 spiro atoms. The van der Waals surface area contributed by atoms with E-state index in [0.717, 1.165) is 30.7 Å². The van der Waals surface area contributed by atoms with E-state index in [1.807, 2.05) is 12.1 Å². The quantitative estimate of drug-likeness (QED) is 0.732. The van der Waals surface area contributed by atoms with Gasteiger partial charge >= 0.3 is 0 Å². The lowest BCUT2D eigenvalue weighted by atomic mass is 9.99. The van der Waals surface area contributed by atoms with Gasteiger partial charge in [-0.05, 0) is 55.7 Å². The number of sulfonamides is 1. The third kappa shape index (κ3) is 4.95. The second-order valence-electron chi connectivity index (χ2n) is 6.63. The SMILES string of the molecule is O=C(NCCCc1ccco1)[C@H]1CCCN(S(=O)(=O)c2ccc(F)cc2)C1. The number of nitrogens with one attached hydrogen (secondary N) is 1. The third-order valence-electron chi connectivity index (χ3n) is 4.69. The topological polar surface area (TPSA) is 79.6 Å². The van der Waals surface area contributed by atoms with Gasteiger partial charge in [0.1, 0.15) is 11.6 Å². The van der Waals surface area contributed by atoms with Crippen molar-refractivity contribution >= 4 is 15.9 Å². The number of carbonyl (C=O) groups is 1. The van der Waals surface area contributed by atoms with E-state index in [2.05, 4.69) is 5.32 Å². The first kappa shape index (κ1) is 19.6. The van der Waals surface area contributed by atoms with E-state index >= 15 is 0 Å². The molecule has 8 heteroatoms. The molecule has 1 aliphatic heterocycles. The molecule has 1 N–H and O–H groups in total. The van der Waals surface area contributed by atoms with Crippen molar-refractivity contribution in [2.45, 2.75) is 30.6 Å². The highest BCUT2D eigenvalue weighted by Gasteiger charge is 2.33. The smallest absolute Gasteiger partial charge is 0.243 e. The number of aryl methyl sites for hydroxylation is 1. The van der Waals surface area contributed by atoms with Gasteiger partial charge in [0.15, 0.2) is 0 Å². The van der Waals surface area contributed by atoms with Crippen molar-refractivity contribution < 1.29 is 22.0 Å². The Morgan fingerprint density at radius 1 is 1.26 bits per heavy atom. The van der Waals surface area contributed by atoms with Crippen LogP contribution in [-0.4, -0.2) is 38.3 Å². The molecule has 2 heterocycles. The van der Waals surface area contributed by atoms with Crippen molar-refractivity contribution in [2.24, 2.45) is 5.92 Å². The second kappa shape index (κ2) is 8.67. The summed E-state index contributed by atoms with van der Waals surface area (Å²) in [5, 5.41) is 2.88. The highest BCUT2D eigenvalue weighted by molar-refractivity contribution is 7.89. The van der Waals surface area contributed by atoms with Gasteiger partial charge in [-0.2, -0.15) is 4.31 Å². The first-order valence-corrected chi connectivity index (χ1v) is 10.5. The van der Waals surface area contributed by atoms with Gasteiger partial charge in [0.05, 0.1) is 17.1 Å². The standard InChI is InChI=1S/C19H23FN2O4S/c20-16-7-9-18(10-8-16)27(24,25)22-12-2-4-15(14-22)19(23)21-11-1-5-17-6-3-13-26-17/h3,6-10,13,15H,1-2,4-5,11-12,14H2,(H,21,23)/t15-/m0/s1. The number of nitrogens with zero attached hydrogens (tertiary/aromatic N) is 1. The molecule has 1 aliphatic rings. The Labute approximate surface area is 158 Å². The zero-order valence-corrected chi connectivity index (χ0v) is 15.8. The Balaban J connectivity index is 1.53. The number of benzene rings is 1. The Morgan fingerprint density at radius 2 is 2.04 bits per heavy atom. The highest BCUT2D eigenvalue weighted by atomic mass is 32.2. The van der Waals surface area contributed by atoms with E-state index in [-0.39, 0.29) is 23.3 Å². The summed E-state index contributed by atoms with van der Waals surface area (Å²) in [6.07, 6.45) is 4.38. The molecule has 1 fully saturated rings. The van der Waals surface area contributed by atoms with Gasteiger partial charge in [0, 0.05) is 26.1 Å². The van der Waals surface area contributed by atoms with Crippen LogP contribution >= 0.6 is 0 Å². The zero-order valence-electron chi connectivity index (χ0n) is 14.9. The Morgan fingerprint density at radius 3 is 2.74 bits per heavy atom. The van der Waals surface area contributed by atoms with Gasteiger partial charge in [0.25, 0.3) is 0 Å². The number of piperidine rings is 1. The molecule has 6 nitrogen and oxygen atoms in total. The maximum absolute atomic E-state index is 13.1. The van der Waals surface area contributed by atoms with Crippen LogP contribution in [0.3, 0.4) is 0 Å². The Bertz CT molecular complexity index is 850. The van der Waals surface area contributed by atoms with Crippen LogP contribution in [0.2, 0.25) is 0 Å². The van der Waals surface area contributed by atoms with Crippen molar-refractivity contribution in [1.29, 1.82) is 0 Å². The first-order valence-electron chi connectivity index (χ1n) is 9.02. The summed E-state index contributed by atoms with van der Waals surface area (Å²) >= 11 is 0. The summed E-state index contributed by atoms with van der Waals surface area (Å²) in [6.45, 7) is 1.02. The molecule has 146 valence electrons. The highest BCUT2D eigenvalue weighted by Crippen LogP contribution is 2.24. The van der Waals surface area contributed by atoms with Crippen molar-refractivity contribution in [1.82, 2.24) is 9.62 Å². The minimum atomic E-state index is -3.73. The maximum atomic E-state index is 13.1. The number of furan rings is 1. The normalized spacial score (nSPS) is 18.3. The molecule has 0 unspecified atom stereocenters. The number of carbonyl (C=O) groups excluding carboxylic acids is 1. The average molecular weight is 394 g/mol. The fourth-order valence-electron chi connectivity index (χ4n) is 3.20. The molecule has 2 aromatic rings. The van der Waals surface area contributed by atoms with Crippen LogP contribution in [0.25, 0.3) is 0 Å². The summed E-state index contributed by atoms with van der Waals surface area (Å²) in [7, 11) is -3.73. The fraction of sp³-hybridized carbons (Fsp3) is 0.421. The Kier molecular flexibility index (Phi) is 6.28. The number of rotatable bonds is 7. The maximum Gasteiger partial charge on any atom is 0.243 e. The van der Waals surface area contributed by atoms with E-state index in [1.54, 1.807) is 6.26 Å². The lowest BCUT2D eigenvalue weighted by Crippen LogP contribution is -2.45. The van der Waals surface area contributed by atoms with Gasteiger partial charge in [0.2, 0.25) is 15.9 Å². The number of hydrogen-bond donors (Lipinski definition) is 1. The molecule has 0 aliphatic carbocycles. The van der Waals surface area contributed by atoms with E-state index in [1.165, 1.54) is 16.4 Å². The molecular weight excluding hydrogens is 371 g/mol. The molecule has 1 atom stereocenters. The van der Waals surface area contributed by atoms with Crippen LogP contribution in [0.1, 0.15) is 25.0 Å². The monoisotopic (exact) mass is 394 g/mol. The summed E-state index contributed by atoms with van der Waals surface area (Å²) in [5.41, 5.74) is 0. The number of halogens is 1. The van der Waals surface area contributed by atoms with Gasteiger partial charge in [-0.15, -0.1) is 0 Å². The summed E-state index contributed by atoms with van der Waals surface area (Å²) < 4.78 is 45.1. The molecule has 27 heavy (non-hydrogen) atoms. The van der Waals surface area contributed by atoms with E-state index in [0.29, 0.717) is 25.9 Å². The van der Waals surface area contributed by atoms with E-state index < -0.39 is 15.8 Å². The average Bonchev–Trinajstić information content (AvgIpc) is 3.19. The predicted molar refractivity (Wildman–Crippen MR) is 97.9 cm³/mol. The minimum Gasteiger partial charge on any atom is -0.469 e. The van der Waals surface area contributed by atoms with Crippen LogP contribution in [0.5, 0.6) is 0 Å². The molecule has 3 rings (SSSR count). The van der Waals surface area contributed by atoms with Crippen molar-refractivity contribution in [3.63, 3.8) is 0 Å². The summed E-state index contributed by atoms with van der Waals surface area (Å²) in [5.74, 6) is -0.121. The van der Waals surface area contributed by atoms with E-state index in [4.69, 9.17) is 4.42 Å².